The van der Waals surface area contributed by atoms with Gasteiger partial charge in [-0.2, -0.15) is 0 Å². The second-order valence-corrected chi connectivity index (χ2v) is 6.75. The van der Waals surface area contributed by atoms with E-state index in [9.17, 15) is 4.79 Å². The lowest BCUT2D eigenvalue weighted by Crippen LogP contribution is -2.34. The average molecular weight is 321 g/mol. The first kappa shape index (κ1) is 15.4. The van der Waals surface area contributed by atoms with Gasteiger partial charge in [-0.3, -0.25) is 10.6 Å². The number of benzene rings is 2. The summed E-state index contributed by atoms with van der Waals surface area (Å²) in [5.41, 5.74) is 6.31. The Morgan fingerprint density at radius 3 is 2.33 bits per heavy atom. The van der Waals surface area contributed by atoms with Crippen LogP contribution >= 0.6 is 0 Å². The highest BCUT2D eigenvalue weighted by molar-refractivity contribution is 5.96. The zero-order chi connectivity index (χ0) is 16.5. The summed E-state index contributed by atoms with van der Waals surface area (Å²) in [6.07, 6.45) is 3.39. The molecule has 4 nitrogen and oxygen atoms in total. The van der Waals surface area contributed by atoms with Crippen LogP contribution in [0.1, 0.15) is 28.7 Å². The van der Waals surface area contributed by atoms with Crippen molar-refractivity contribution < 1.29 is 4.79 Å². The highest BCUT2D eigenvalue weighted by atomic mass is 16.2. The molecule has 1 amide bonds. The largest absolute Gasteiger partial charge is 0.308 e. The standard InChI is InChI=1S/C20H23N3O/c21-22-10-8-16-12-18-6-7-20(24)23(14-15-4-2-1-3-5-15)19(18)13-17(16)9-11-22/h1-5,12-13H,6-11,14,21H2. The number of fused-ring (bicyclic) bond motifs is 2. The van der Waals surface area contributed by atoms with E-state index in [2.05, 4.69) is 24.3 Å². The summed E-state index contributed by atoms with van der Waals surface area (Å²) in [4.78, 5) is 14.5. The quantitative estimate of drug-likeness (QED) is 0.864. The molecule has 2 heterocycles. The van der Waals surface area contributed by atoms with Gasteiger partial charge in [-0.1, -0.05) is 36.4 Å². The number of anilines is 1. The van der Waals surface area contributed by atoms with Gasteiger partial charge in [0.1, 0.15) is 0 Å². The van der Waals surface area contributed by atoms with Gasteiger partial charge in [0.05, 0.1) is 6.54 Å². The summed E-state index contributed by atoms with van der Waals surface area (Å²) in [7, 11) is 0. The van der Waals surface area contributed by atoms with Crippen LogP contribution in [-0.2, 0) is 30.6 Å². The molecule has 0 saturated heterocycles. The molecule has 2 aliphatic rings. The van der Waals surface area contributed by atoms with Gasteiger partial charge >= 0.3 is 0 Å². The van der Waals surface area contributed by atoms with Crippen molar-refractivity contribution in [2.45, 2.75) is 32.2 Å². The van der Waals surface area contributed by atoms with Gasteiger partial charge in [0.2, 0.25) is 5.91 Å². The fourth-order valence-corrected chi connectivity index (χ4v) is 3.73. The number of amides is 1. The van der Waals surface area contributed by atoms with Crippen LogP contribution in [0.4, 0.5) is 5.69 Å². The Bertz CT molecular complexity index is 757. The second kappa shape index (κ2) is 6.38. The summed E-state index contributed by atoms with van der Waals surface area (Å²) in [6, 6.07) is 14.8. The molecular weight excluding hydrogens is 298 g/mol. The number of hydrazine groups is 1. The highest BCUT2D eigenvalue weighted by Crippen LogP contribution is 2.33. The molecule has 0 bridgehead atoms. The van der Waals surface area contributed by atoms with Crippen LogP contribution in [-0.4, -0.2) is 24.0 Å². The predicted molar refractivity (Wildman–Crippen MR) is 95.6 cm³/mol. The highest BCUT2D eigenvalue weighted by Gasteiger charge is 2.26. The number of nitrogens with zero attached hydrogens (tertiary/aromatic N) is 2. The second-order valence-electron chi connectivity index (χ2n) is 6.75. The number of nitrogens with two attached hydrogens (primary N) is 1. The van der Waals surface area contributed by atoms with Crippen LogP contribution in [0.15, 0.2) is 42.5 Å². The van der Waals surface area contributed by atoms with Gasteiger partial charge in [-0.25, -0.2) is 5.01 Å². The molecule has 124 valence electrons. The third-order valence-electron chi connectivity index (χ3n) is 5.12. The van der Waals surface area contributed by atoms with Crippen molar-refractivity contribution in [1.29, 1.82) is 0 Å². The van der Waals surface area contributed by atoms with Gasteiger partial charge in [0.15, 0.2) is 0 Å². The number of carbonyl (C=O) groups excluding carboxylic acids is 1. The van der Waals surface area contributed by atoms with E-state index in [-0.39, 0.29) is 5.91 Å². The van der Waals surface area contributed by atoms with Crippen LogP contribution < -0.4 is 10.7 Å². The molecule has 2 aromatic rings. The van der Waals surface area contributed by atoms with E-state index in [1.54, 1.807) is 0 Å². The molecule has 0 radical (unpaired) electrons. The summed E-state index contributed by atoms with van der Waals surface area (Å²) in [5, 5.41) is 1.89. The van der Waals surface area contributed by atoms with E-state index in [0.717, 1.165) is 38.0 Å². The van der Waals surface area contributed by atoms with E-state index in [1.165, 1.54) is 22.3 Å². The van der Waals surface area contributed by atoms with Gasteiger partial charge in [0.25, 0.3) is 0 Å². The van der Waals surface area contributed by atoms with Crippen LogP contribution in [0.3, 0.4) is 0 Å². The monoisotopic (exact) mass is 321 g/mol. The minimum atomic E-state index is 0.223. The van der Waals surface area contributed by atoms with Crippen molar-refractivity contribution in [3.63, 3.8) is 0 Å². The van der Waals surface area contributed by atoms with Crippen LogP contribution in [0, 0.1) is 0 Å². The number of hydrogen-bond donors (Lipinski definition) is 1. The molecule has 0 fully saturated rings. The summed E-state index contributed by atoms with van der Waals surface area (Å²) >= 11 is 0. The van der Waals surface area contributed by atoms with Gasteiger partial charge in [0, 0.05) is 25.2 Å². The number of hydrogen-bond acceptors (Lipinski definition) is 3. The van der Waals surface area contributed by atoms with Crippen molar-refractivity contribution in [2.75, 3.05) is 18.0 Å². The molecule has 24 heavy (non-hydrogen) atoms. The van der Waals surface area contributed by atoms with E-state index >= 15 is 0 Å². The Kier molecular flexibility index (Phi) is 4.08. The van der Waals surface area contributed by atoms with Crippen LogP contribution in [0.2, 0.25) is 0 Å². The average Bonchev–Trinajstić information content (AvgIpc) is 2.79. The smallest absolute Gasteiger partial charge is 0.227 e. The maximum atomic E-state index is 12.5. The lowest BCUT2D eigenvalue weighted by Gasteiger charge is -2.31. The van der Waals surface area contributed by atoms with Crippen LogP contribution in [0.5, 0.6) is 0 Å². The fourth-order valence-electron chi connectivity index (χ4n) is 3.73. The molecule has 4 rings (SSSR count). The van der Waals surface area contributed by atoms with Gasteiger partial charge in [-0.05, 0) is 47.6 Å². The normalized spacial score (nSPS) is 18.0. The van der Waals surface area contributed by atoms with Crippen molar-refractivity contribution in [2.24, 2.45) is 5.84 Å². The zero-order valence-corrected chi connectivity index (χ0v) is 13.9. The molecule has 2 aliphatic heterocycles. The first-order valence-corrected chi connectivity index (χ1v) is 8.69. The summed E-state index contributed by atoms with van der Waals surface area (Å²) < 4.78 is 0. The zero-order valence-electron chi connectivity index (χ0n) is 13.9. The molecule has 0 atom stereocenters. The minimum absolute atomic E-state index is 0.223. The molecule has 0 spiro atoms. The van der Waals surface area contributed by atoms with E-state index < -0.39 is 0 Å². The fraction of sp³-hybridized carbons (Fsp3) is 0.350. The van der Waals surface area contributed by atoms with Crippen molar-refractivity contribution >= 4 is 11.6 Å². The van der Waals surface area contributed by atoms with Crippen LogP contribution in [0.25, 0.3) is 0 Å². The molecule has 0 aliphatic carbocycles. The Labute approximate surface area is 142 Å². The van der Waals surface area contributed by atoms with Gasteiger partial charge < -0.3 is 4.90 Å². The number of carbonyl (C=O) groups is 1. The van der Waals surface area contributed by atoms with Crippen molar-refractivity contribution in [3.05, 3.63) is 64.7 Å². The number of rotatable bonds is 2. The molecule has 4 heteroatoms. The summed E-state index contributed by atoms with van der Waals surface area (Å²) in [6.45, 7) is 2.42. The van der Waals surface area contributed by atoms with E-state index in [0.29, 0.717) is 13.0 Å². The maximum Gasteiger partial charge on any atom is 0.227 e. The van der Waals surface area contributed by atoms with E-state index in [4.69, 9.17) is 5.84 Å². The topological polar surface area (TPSA) is 49.6 Å². The van der Waals surface area contributed by atoms with Crippen molar-refractivity contribution in [1.82, 2.24) is 5.01 Å². The van der Waals surface area contributed by atoms with Crippen molar-refractivity contribution in [3.8, 4) is 0 Å². The van der Waals surface area contributed by atoms with E-state index in [1.807, 2.05) is 28.1 Å². The molecular formula is C20H23N3O. The Balaban J connectivity index is 1.70. The predicted octanol–water partition coefficient (Wildman–Crippen LogP) is 2.44. The lowest BCUT2D eigenvalue weighted by atomic mass is 9.93. The molecule has 0 saturated carbocycles. The third kappa shape index (κ3) is 2.95. The molecule has 2 N–H and O–H groups in total. The molecule has 2 aromatic carbocycles. The molecule has 0 aromatic heterocycles. The first-order valence-electron chi connectivity index (χ1n) is 8.69. The Morgan fingerprint density at radius 2 is 1.58 bits per heavy atom. The first-order chi connectivity index (χ1) is 11.7. The maximum absolute atomic E-state index is 12.5. The Morgan fingerprint density at radius 1 is 0.875 bits per heavy atom. The third-order valence-corrected chi connectivity index (χ3v) is 5.12. The number of aryl methyl sites for hydroxylation is 1. The minimum Gasteiger partial charge on any atom is -0.308 e. The Hall–Kier alpha value is -2.17. The molecule has 0 unspecified atom stereocenters. The summed E-state index contributed by atoms with van der Waals surface area (Å²) in [5.74, 6) is 6.21. The SMILES string of the molecule is NN1CCc2cc3c(cc2CC1)N(Cc1ccccc1)C(=O)CC3. The lowest BCUT2D eigenvalue weighted by molar-refractivity contribution is -0.119. The van der Waals surface area contributed by atoms with Gasteiger partial charge in [-0.15, -0.1) is 0 Å².